The van der Waals surface area contributed by atoms with Gasteiger partial charge in [-0.2, -0.15) is 0 Å². The highest BCUT2D eigenvalue weighted by molar-refractivity contribution is 9.10. The Balaban J connectivity index is 2.98. The summed E-state index contributed by atoms with van der Waals surface area (Å²) in [6.07, 6.45) is 3.69. The molecular formula is C10H18BrN5. The van der Waals surface area contributed by atoms with E-state index in [-0.39, 0.29) is 0 Å². The zero-order chi connectivity index (χ0) is 12.0. The Morgan fingerprint density at radius 1 is 1.31 bits per heavy atom. The van der Waals surface area contributed by atoms with Gasteiger partial charge in [-0.3, -0.25) is 0 Å². The maximum absolute atomic E-state index is 5.38. The Morgan fingerprint density at radius 3 is 2.44 bits per heavy atom. The number of nitrogens with one attached hydrogen (secondary N) is 1. The van der Waals surface area contributed by atoms with Crippen molar-refractivity contribution in [1.29, 1.82) is 0 Å². The van der Waals surface area contributed by atoms with E-state index in [1.807, 2.05) is 0 Å². The second-order valence-electron chi connectivity index (χ2n) is 3.49. The number of nitrogens with zero attached hydrogens (tertiary/aromatic N) is 3. The van der Waals surface area contributed by atoms with Gasteiger partial charge in [-0.15, -0.1) is 0 Å². The molecule has 0 unspecified atom stereocenters. The van der Waals surface area contributed by atoms with Crippen LogP contribution in [0.3, 0.4) is 0 Å². The monoisotopic (exact) mass is 287 g/mol. The van der Waals surface area contributed by atoms with Crippen LogP contribution in [0.5, 0.6) is 0 Å². The molecule has 0 spiro atoms. The lowest BCUT2D eigenvalue weighted by Gasteiger charge is -2.23. The topological polar surface area (TPSA) is 67.1 Å². The third-order valence-electron chi connectivity index (χ3n) is 2.19. The number of halogens is 1. The molecule has 0 radical (unpaired) electrons. The minimum Gasteiger partial charge on any atom is -0.356 e. The molecule has 90 valence electrons. The largest absolute Gasteiger partial charge is 0.356 e. The van der Waals surface area contributed by atoms with Crippen molar-refractivity contribution >= 4 is 27.6 Å². The van der Waals surface area contributed by atoms with Crippen LogP contribution in [0.4, 0.5) is 11.6 Å². The molecule has 0 bridgehead atoms. The van der Waals surface area contributed by atoms with Crippen LogP contribution in [-0.4, -0.2) is 23.1 Å². The fourth-order valence-electron chi connectivity index (χ4n) is 1.55. The zero-order valence-electron chi connectivity index (χ0n) is 9.70. The first kappa shape index (κ1) is 13.2. The van der Waals surface area contributed by atoms with Crippen molar-refractivity contribution in [3.63, 3.8) is 0 Å². The molecule has 0 aliphatic heterocycles. The third kappa shape index (κ3) is 3.05. The molecule has 0 fully saturated rings. The molecule has 1 rings (SSSR count). The molecule has 0 saturated carbocycles. The summed E-state index contributed by atoms with van der Waals surface area (Å²) in [5, 5.41) is 0. The number of hydrogen-bond donors (Lipinski definition) is 2. The number of nitrogen functional groups attached to an aromatic ring is 1. The molecule has 0 aromatic carbocycles. The molecule has 0 amide bonds. The van der Waals surface area contributed by atoms with Gasteiger partial charge in [0.1, 0.15) is 16.6 Å². The Hall–Kier alpha value is -0.880. The zero-order valence-corrected chi connectivity index (χ0v) is 11.3. The van der Waals surface area contributed by atoms with E-state index < -0.39 is 0 Å². The van der Waals surface area contributed by atoms with Crippen molar-refractivity contribution in [2.45, 2.75) is 26.7 Å². The molecule has 1 aromatic heterocycles. The van der Waals surface area contributed by atoms with Gasteiger partial charge in [-0.05, 0) is 28.8 Å². The van der Waals surface area contributed by atoms with Crippen molar-refractivity contribution in [1.82, 2.24) is 9.97 Å². The van der Waals surface area contributed by atoms with Gasteiger partial charge in [0.25, 0.3) is 0 Å². The van der Waals surface area contributed by atoms with Gasteiger partial charge in [-0.1, -0.05) is 13.8 Å². The summed E-state index contributed by atoms with van der Waals surface area (Å²) in [5.41, 5.74) is 2.55. The van der Waals surface area contributed by atoms with Gasteiger partial charge in [0.15, 0.2) is 5.82 Å². The molecule has 5 nitrogen and oxygen atoms in total. The number of rotatable bonds is 6. The Kier molecular flexibility index (Phi) is 5.48. The minimum absolute atomic E-state index is 0.613. The molecular weight excluding hydrogens is 270 g/mol. The van der Waals surface area contributed by atoms with Crippen LogP contribution in [0.15, 0.2) is 10.8 Å². The van der Waals surface area contributed by atoms with E-state index in [1.54, 1.807) is 0 Å². The van der Waals surface area contributed by atoms with E-state index in [4.69, 9.17) is 5.84 Å². The van der Waals surface area contributed by atoms with Crippen molar-refractivity contribution in [3.8, 4) is 0 Å². The van der Waals surface area contributed by atoms with Crippen LogP contribution < -0.4 is 16.2 Å². The maximum atomic E-state index is 5.38. The Bertz CT molecular complexity index is 325. The van der Waals surface area contributed by atoms with Crippen LogP contribution >= 0.6 is 15.9 Å². The summed E-state index contributed by atoms with van der Waals surface area (Å²) in [4.78, 5) is 10.6. The molecule has 16 heavy (non-hydrogen) atoms. The van der Waals surface area contributed by atoms with E-state index in [2.05, 4.69) is 50.1 Å². The predicted octanol–water partition coefficient (Wildman–Crippen LogP) is 2.15. The average Bonchev–Trinajstić information content (AvgIpc) is 2.29. The standard InChI is InChI=1S/C10H18BrN5/c1-3-5-16(6-4-2)10-8(11)9(15-12)13-7-14-10/h7H,3-6,12H2,1-2H3,(H,13,14,15). The summed E-state index contributed by atoms with van der Waals surface area (Å²) in [5.74, 6) is 6.89. The van der Waals surface area contributed by atoms with Crippen molar-refractivity contribution < 1.29 is 0 Å². The van der Waals surface area contributed by atoms with E-state index in [0.717, 1.165) is 36.2 Å². The first-order chi connectivity index (χ1) is 7.74. The molecule has 0 aliphatic carbocycles. The van der Waals surface area contributed by atoms with Crippen molar-refractivity contribution in [2.24, 2.45) is 5.84 Å². The normalized spacial score (nSPS) is 10.2. The Morgan fingerprint density at radius 2 is 1.94 bits per heavy atom. The molecule has 3 N–H and O–H groups in total. The molecule has 6 heteroatoms. The summed E-state index contributed by atoms with van der Waals surface area (Å²) < 4.78 is 0.819. The molecule has 0 aliphatic rings. The van der Waals surface area contributed by atoms with Gasteiger partial charge in [0, 0.05) is 13.1 Å². The highest BCUT2D eigenvalue weighted by Crippen LogP contribution is 2.28. The summed E-state index contributed by atoms with van der Waals surface area (Å²) in [6, 6.07) is 0. The fourth-order valence-corrected chi connectivity index (χ4v) is 2.12. The SMILES string of the molecule is CCCN(CCC)c1ncnc(NN)c1Br. The molecule has 0 saturated heterocycles. The highest BCUT2D eigenvalue weighted by Gasteiger charge is 2.13. The van der Waals surface area contributed by atoms with Crippen LogP contribution in [0.2, 0.25) is 0 Å². The third-order valence-corrected chi connectivity index (χ3v) is 2.92. The lowest BCUT2D eigenvalue weighted by atomic mass is 10.3. The van der Waals surface area contributed by atoms with Gasteiger partial charge in [0.2, 0.25) is 0 Å². The van der Waals surface area contributed by atoms with Crippen LogP contribution in [0.1, 0.15) is 26.7 Å². The lowest BCUT2D eigenvalue weighted by molar-refractivity contribution is 0.731. The Labute approximate surface area is 105 Å². The van der Waals surface area contributed by atoms with E-state index in [0.29, 0.717) is 5.82 Å². The average molecular weight is 288 g/mol. The number of nitrogens with two attached hydrogens (primary N) is 1. The molecule has 0 atom stereocenters. The van der Waals surface area contributed by atoms with Crippen molar-refractivity contribution in [2.75, 3.05) is 23.4 Å². The van der Waals surface area contributed by atoms with Gasteiger partial charge >= 0.3 is 0 Å². The number of hydrazine groups is 1. The van der Waals surface area contributed by atoms with Gasteiger partial charge in [0.05, 0.1) is 0 Å². The summed E-state index contributed by atoms with van der Waals surface area (Å²) in [7, 11) is 0. The summed E-state index contributed by atoms with van der Waals surface area (Å²) >= 11 is 3.47. The van der Waals surface area contributed by atoms with Crippen LogP contribution in [0.25, 0.3) is 0 Å². The minimum atomic E-state index is 0.613. The van der Waals surface area contributed by atoms with Gasteiger partial charge < -0.3 is 10.3 Å². The number of anilines is 2. The fraction of sp³-hybridized carbons (Fsp3) is 0.600. The number of aromatic nitrogens is 2. The maximum Gasteiger partial charge on any atom is 0.159 e. The van der Waals surface area contributed by atoms with Crippen LogP contribution in [0, 0.1) is 0 Å². The van der Waals surface area contributed by atoms with Gasteiger partial charge in [-0.25, -0.2) is 15.8 Å². The molecule has 1 aromatic rings. The second-order valence-corrected chi connectivity index (χ2v) is 4.28. The first-order valence-electron chi connectivity index (χ1n) is 5.46. The quantitative estimate of drug-likeness (QED) is 0.620. The van der Waals surface area contributed by atoms with Crippen molar-refractivity contribution in [3.05, 3.63) is 10.8 Å². The second kappa shape index (κ2) is 6.65. The molecule has 1 heterocycles. The van der Waals surface area contributed by atoms with E-state index >= 15 is 0 Å². The lowest BCUT2D eigenvalue weighted by Crippen LogP contribution is -2.26. The predicted molar refractivity (Wildman–Crippen MR) is 70.3 cm³/mol. The first-order valence-corrected chi connectivity index (χ1v) is 6.25. The smallest absolute Gasteiger partial charge is 0.159 e. The summed E-state index contributed by atoms with van der Waals surface area (Å²) in [6.45, 7) is 6.26. The number of hydrogen-bond acceptors (Lipinski definition) is 5. The van der Waals surface area contributed by atoms with E-state index in [1.165, 1.54) is 6.33 Å². The van der Waals surface area contributed by atoms with Crippen LogP contribution in [-0.2, 0) is 0 Å². The van der Waals surface area contributed by atoms with E-state index in [9.17, 15) is 0 Å². The highest BCUT2D eigenvalue weighted by atomic mass is 79.9.